The average molecular weight is 381 g/mol. The van der Waals surface area contributed by atoms with Crippen LogP contribution >= 0.6 is 27.5 Å². The Kier molecular flexibility index (Phi) is 4.79. The van der Waals surface area contributed by atoms with Crippen molar-refractivity contribution in [3.8, 4) is 0 Å². The maximum absolute atomic E-state index is 12.1. The normalized spacial score (nSPS) is 11.8. The molecule has 0 unspecified atom stereocenters. The summed E-state index contributed by atoms with van der Waals surface area (Å²) in [5, 5.41) is -0.0950. The second-order valence-electron chi connectivity index (χ2n) is 3.84. The Morgan fingerprint density at radius 3 is 2.80 bits per heavy atom. The largest absolute Gasteiger partial charge is 0.444 e. The van der Waals surface area contributed by atoms with Crippen LogP contribution in [0.4, 0.5) is 0 Å². The van der Waals surface area contributed by atoms with Crippen molar-refractivity contribution in [3.05, 3.63) is 39.7 Å². The summed E-state index contributed by atoms with van der Waals surface area (Å²) < 4.78 is 32.5. The van der Waals surface area contributed by atoms with E-state index in [1.54, 1.807) is 6.20 Å². The molecular weight excluding hydrogens is 370 g/mol. The smallest absolute Gasteiger partial charge is 0.244 e. The second-order valence-corrected chi connectivity index (χ2v) is 6.85. The molecule has 20 heavy (non-hydrogen) atoms. The van der Waals surface area contributed by atoms with E-state index in [-0.39, 0.29) is 16.6 Å². The van der Waals surface area contributed by atoms with Gasteiger partial charge < -0.3 is 4.42 Å². The number of nitrogens with zero attached hydrogens (tertiary/aromatic N) is 2. The zero-order valence-corrected chi connectivity index (χ0v) is 13.6. The maximum atomic E-state index is 12.1. The number of pyridine rings is 1. The highest BCUT2D eigenvalue weighted by molar-refractivity contribution is 9.10. The van der Waals surface area contributed by atoms with Gasteiger partial charge in [-0.05, 0) is 22.0 Å². The molecule has 0 aromatic carbocycles. The molecule has 0 aliphatic carbocycles. The predicted molar refractivity (Wildman–Crippen MR) is 76.9 cm³/mol. The van der Waals surface area contributed by atoms with Gasteiger partial charge in [0.15, 0.2) is 0 Å². The first kappa shape index (κ1) is 15.4. The van der Waals surface area contributed by atoms with Crippen LogP contribution in [0.2, 0.25) is 5.15 Å². The van der Waals surface area contributed by atoms with Crippen molar-refractivity contribution in [2.45, 2.75) is 24.8 Å². The van der Waals surface area contributed by atoms with Gasteiger partial charge in [0, 0.05) is 17.1 Å². The molecule has 2 heterocycles. The highest BCUT2D eigenvalue weighted by Crippen LogP contribution is 2.22. The van der Waals surface area contributed by atoms with Crippen molar-refractivity contribution in [2.24, 2.45) is 0 Å². The van der Waals surface area contributed by atoms with E-state index in [0.29, 0.717) is 22.5 Å². The van der Waals surface area contributed by atoms with Gasteiger partial charge in [-0.25, -0.2) is 23.1 Å². The minimum Gasteiger partial charge on any atom is -0.444 e. The van der Waals surface area contributed by atoms with Crippen molar-refractivity contribution in [1.29, 1.82) is 0 Å². The summed E-state index contributed by atoms with van der Waals surface area (Å²) in [6.07, 6.45) is 3.68. The number of rotatable bonds is 5. The highest BCUT2D eigenvalue weighted by atomic mass is 79.9. The van der Waals surface area contributed by atoms with E-state index in [2.05, 4.69) is 30.6 Å². The van der Waals surface area contributed by atoms with Gasteiger partial charge in [-0.3, -0.25) is 0 Å². The van der Waals surface area contributed by atoms with Gasteiger partial charge in [-0.2, -0.15) is 0 Å². The molecule has 0 atom stereocenters. The minimum absolute atomic E-state index is 0.0504. The Hall–Kier alpha value is -0.960. The molecule has 2 aromatic heterocycles. The molecule has 0 saturated carbocycles. The number of oxazole rings is 1. The quantitative estimate of drug-likeness (QED) is 0.806. The van der Waals surface area contributed by atoms with Crippen LogP contribution in [0.15, 0.2) is 32.2 Å². The van der Waals surface area contributed by atoms with E-state index >= 15 is 0 Å². The third-order valence-corrected chi connectivity index (χ3v) is 4.69. The number of halogens is 2. The number of aryl methyl sites for hydroxylation is 1. The van der Waals surface area contributed by atoms with Gasteiger partial charge in [0.2, 0.25) is 15.9 Å². The summed E-state index contributed by atoms with van der Waals surface area (Å²) >= 11 is 8.95. The molecule has 0 amide bonds. The van der Waals surface area contributed by atoms with Crippen molar-refractivity contribution in [1.82, 2.24) is 14.7 Å². The lowest BCUT2D eigenvalue weighted by molar-refractivity contribution is 0.452. The average Bonchev–Trinajstić information content (AvgIpc) is 2.87. The third kappa shape index (κ3) is 3.57. The Bertz CT molecular complexity index is 717. The van der Waals surface area contributed by atoms with E-state index in [4.69, 9.17) is 16.0 Å². The first-order chi connectivity index (χ1) is 9.42. The SMILES string of the molecule is CCc1cnc(CNS(=O)(=O)c2cc(Br)cnc2Cl)o1. The summed E-state index contributed by atoms with van der Waals surface area (Å²) in [6, 6.07) is 1.38. The van der Waals surface area contributed by atoms with Crippen LogP contribution in [0, 0.1) is 0 Å². The number of hydrogen-bond donors (Lipinski definition) is 1. The number of hydrogen-bond acceptors (Lipinski definition) is 5. The molecule has 1 N–H and O–H groups in total. The lowest BCUT2D eigenvalue weighted by atomic mass is 10.4. The Morgan fingerprint density at radius 1 is 1.40 bits per heavy atom. The first-order valence-corrected chi connectivity index (χ1v) is 8.32. The van der Waals surface area contributed by atoms with E-state index in [0.717, 1.165) is 0 Å². The van der Waals surface area contributed by atoms with Crippen LogP contribution in [0.5, 0.6) is 0 Å². The monoisotopic (exact) mass is 379 g/mol. The van der Waals surface area contributed by atoms with Crippen LogP contribution < -0.4 is 4.72 Å². The highest BCUT2D eigenvalue weighted by Gasteiger charge is 2.20. The topological polar surface area (TPSA) is 85.1 Å². The first-order valence-electron chi connectivity index (χ1n) is 5.66. The number of aromatic nitrogens is 2. The summed E-state index contributed by atoms with van der Waals surface area (Å²) in [5.74, 6) is 0.992. The fourth-order valence-corrected chi connectivity index (χ4v) is 3.34. The predicted octanol–water partition coefficient (Wildman–Crippen LogP) is 2.53. The molecule has 0 aliphatic heterocycles. The molecule has 0 bridgehead atoms. The van der Waals surface area contributed by atoms with E-state index in [1.165, 1.54) is 12.3 Å². The number of sulfonamides is 1. The van der Waals surface area contributed by atoms with Gasteiger partial charge in [0.25, 0.3) is 0 Å². The zero-order valence-electron chi connectivity index (χ0n) is 10.4. The molecule has 2 rings (SSSR count). The third-order valence-electron chi connectivity index (χ3n) is 2.43. The molecule has 2 aromatic rings. The van der Waals surface area contributed by atoms with Gasteiger partial charge in [-0.1, -0.05) is 18.5 Å². The van der Waals surface area contributed by atoms with E-state index in [1.807, 2.05) is 6.92 Å². The minimum atomic E-state index is -3.78. The van der Waals surface area contributed by atoms with Crippen LogP contribution in [-0.4, -0.2) is 18.4 Å². The number of nitrogens with one attached hydrogen (secondary N) is 1. The fourth-order valence-electron chi connectivity index (χ4n) is 1.42. The van der Waals surface area contributed by atoms with Gasteiger partial charge in [0.1, 0.15) is 15.8 Å². The van der Waals surface area contributed by atoms with E-state index in [9.17, 15) is 8.42 Å². The van der Waals surface area contributed by atoms with E-state index < -0.39 is 10.0 Å². The molecule has 9 heteroatoms. The van der Waals surface area contributed by atoms with Crippen LogP contribution in [0.1, 0.15) is 18.6 Å². The van der Waals surface area contributed by atoms with Gasteiger partial charge in [-0.15, -0.1) is 0 Å². The molecule has 0 saturated heterocycles. The van der Waals surface area contributed by atoms with Crippen LogP contribution in [-0.2, 0) is 23.0 Å². The summed E-state index contributed by atoms with van der Waals surface area (Å²) in [6.45, 7) is 1.87. The molecule has 0 radical (unpaired) electrons. The standard InChI is InChI=1S/C11H11BrClN3O3S/c1-2-8-5-14-10(19-8)6-16-20(17,18)9-3-7(12)4-15-11(9)13/h3-5,16H,2,6H2,1H3. The zero-order chi connectivity index (χ0) is 14.8. The molecular formula is C11H11BrClN3O3S. The Morgan fingerprint density at radius 2 is 2.15 bits per heavy atom. The van der Waals surface area contributed by atoms with Crippen molar-refractivity contribution in [2.75, 3.05) is 0 Å². The van der Waals surface area contributed by atoms with Crippen molar-refractivity contribution in [3.63, 3.8) is 0 Å². The van der Waals surface area contributed by atoms with Crippen LogP contribution in [0.25, 0.3) is 0 Å². The Balaban J connectivity index is 2.17. The summed E-state index contributed by atoms with van der Waals surface area (Å²) in [5.41, 5.74) is 0. The van der Waals surface area contributed by atoms with Crippen molar-refractivity contribution < 1.29 is 12.8 Å². The van der Waals surface area contributed by atoms with Gasteiger partial charge in [0.05, 0.1) is 12.7 Å². The second kappa shape index (κ2) is 6.21. The Labute approximate surface area is 129 Å². The molecule has 0 fully saturated rings. The molecule has 108 valence electrons. The van der Waals surface area contributed by atoms with Crippen LogP contribution in [0.3, 0.4) is 0 Å². The maximum Gasteiger partial charge on any atom is 0.244 e. The van der Waals surface area contributed by atoms with Gasteiger partial charge >= 0.3 is 0 Å². The molecule has 6 nitrogen and oxygen atoms in total. The van der Waals surface area contributed by atoms with Crippen molar-refractivity contribution >= 4 is 37.6 Å². The molecule has 0 aliphatic rings. The molecule has 0 spiro atoms. The lowest BCUT2D eigenvalue weighted by Crippen LogP contribution is -2.24. The summed E-state index contributed by atoms with van der Waals surface area (Å²) in [7, 11) is -3.78. The summed E-state index contributed by atoms with van der Waals surface area (Å²) in [4.78, 5) is 7.65. The lowest BCUT2D eigenvalue weighted by Gasteiger charge is -2.06. The fraction of sp³-hybridized carbons (Fsp3) is 0.273.